The second-order valence-electron chi connectivity index (χ2n) is 5.97. The third-order valence-electron chi connectivity index (χ3n) is 4.05. The maximum absolute atomic E-state index is 13.2. The molecule has 1 N–H and O–H groups in total. The fraction of sp³-hybridized carbons (Fsp3) is 0.167. The van der Waals surface area contributed by atoms with E-state index in [0.29, 0.717) is 28.7 Å². The number of nitrogens with one attached hydrogen (secondary N) is 1. The first-order valence-electron chi connectivity index (χ1n) is 8.30. The van der Waals surface area contributed by atoms with Gasteiger partial charge in [-0.2, -0.15) is 28.2 Å². The molecule has 4 aromatic rings. The molecule has 0 bridgehead atoms. The summed E-state index contributed by atoms with van der Waals surface area (Å²) in [5.41, 5.74) is 0.814. The van der Waals surface area contributed by atoms with Gasteiger partial charge in [-0.3, -0.25) is 0 Å². The summed E-state index contributed by atoms with van der Waals surface area (Å²) in [7, 11) is 1.52. The molecule has 0 radical (unpaired) electrons. The van der Waals surface area contributed by atoms with Gasteiger partial charge in [-0.05, 0) is 29.8 Å². The molecule has 4 rings (SSSR count). The summed E-state index contributed by atoms with van der Waals surface area (Å²) in [6.45, 7) is 0.297. The van der Waals surface area contributed by atoms with Crippen molar-refractivity contribution < 1.29 is 17.9 Å². The Morgan fingerprint density at radius 3 is 2.72 bits per heavy atom. The SMILES string of the molecule is COc1ccc(CNc2nc(-n3cccn3)nc3sc(C(F)(F)F)cc23)cc1Cl. The van der Waals surface area contributed by atoms with Crippen molar-refractivity contribution in [2.24, 2.45) is 0 Å². The van der Waals surface area contributed by atoms with Crippen LogP contribution < -0.4 is 10.1 Å². The number of anilines is 1. The number of hydrogen-bond donors (Lipinski definition) is 1. The molecule has 0 fully saturated rings. The lowest BCUT2D eigenvalue weighted by Crippen LogP contribution is -2.07. The van der Waals surface area contributed by atoms with Gasteiger partial charge in [0.25, 0.3) is 5.95 Å². The molecule has 1 aromatic carbocycles. The Balaban J connectivity index is 1.73. The number of ether oxygens (including phenoxy) is 1. The zero-order chi connectivity index (χ0) is 20.6. The predicted molar refractivity (Wildman–Crippen MR) is 105 cm³/mol. The molecule has 3 heterocycles. The molecule has 11 heteroatoms. The Bertz CT molecular complexity index is 1160. The summed E-state index contributed by atoms with van der Waals surface area (Å²) < 4.78 is 46.1. The normalized spacial score (nSPS) is 11.8. The predicted octanol–water partition coefficient (Wildman–Crippen LogP) is 5.17. The number of nitrogens with zero attached hydrogens (tertiary/aromatic N) is 4. The van der Waals surface area contributed by atoms with Crippen LogP contribution in [-0.2, 0) is 12.7 Å². The Morgan fingerprint density at radius 1 is 1.24 bits per heavy atom. The van der Waals surface area contributed by atoms with Crippen LogP contribution in [0.1, 0.15) is 10.4 Å². The first kappa shape index (κ1) is 19.5. The molecule has 0 atom stereocenters. The highest BCUT2D eigenvalue weighted by Gasteiger charge is 2.33. The van der Waals surface area contributed by atoms with Crippen molar-refractivity contribution in [1.82, 2.24) is 19.7 Å². The lowest BCUT2D eigenvalue weighted by molar-refractivity contribution is -0.134. The standard InChI is InChI=1S/C18H13ClF3N5OS/c1-28-13-4-3-10(7-12(13)19)9-23-15-11-8-14(18(20,21)22)29-16(11)26-17(25-15)27-6-2-5-24-27/h2-8H,9H2,1H3,(H,23,25,26). The number of benzene rings is 1. The van der Waals surface area contributed by atoms with E-state index >= 15 is 0 Å². The van der Waals surface area contributed by atoms with Gasteiger partial charge in [-0.25, -0.2) is 4.68 Å². The number of halogens is 4. The minimum atomic E-state index is -4.46. The summed E-state index contributed by atoms with van der Waals surface area (Å²) >= 11 is 6.70. The molecule has 29 heavy (non-hydrogen) atoms. The molecule has 6 nitrogen and oxygen atoms in total. The van der Waals surface area contributed by atoms with Crippen LogP contribution in [0.5, 0.6) is 5.75 Å². The highest BCUT2D eigenvalue weighted by atomic mass is 35.5. The molecule has 0 aliphatic rings. The first-order chi connectivity index (χ1) is 13.8. The van der Waals surface area contributed by atoms with Crippen LogP contribution in [0.4, 0.5) is 19.0 Å². The Kier molecular flexibility index (Phi) is 5.05. The van der Waals surface area contributed by atoms with Crippen molar-refractivity contribution in [2.45, 2.75) is 12.7 Å². The van der Waals surface area contributed by atoms with E-state index in [2.05, 4.69) is 20.4 Å². The van der Waals surface area contributed by atoms with Crippen LogP contribution in [0.25, 0.3) is 16.2 Å². The van der Waals surface area contributed by atoms with Crippen LogP contribution >= 0.6 is 22.9 Å². The molecule has 0 aliphatic heterocycles. The van der Waals surface area contributed by atoms with Crippen molar-refractivity contribution in [3.63, 3.8) is 0 Å². The largest absolute Gasteiger partial charge is 0.495 e. The fourth-order valence-electron chi connectivity index (χ4n) is 2.68. The number of hydrogen-bond acceptors (Lipinski definition) is 6. The van der Waals surface area contributed by atoms with Crippen molar-refractivity contribution in [3.8, 4) is 11.7 Å². The summed E-state index contributed by atoms with van der Waals surface area (Å²) in [5.74, 6) is 0.987. The number of aromatic nitrogens is 4. The smallest absolute Gasteiger partial charge is 0.425 e. The van der Waals surface area contributed by atoms with Crippen molar-refractivity contribution in [3.05, 3.63) is 58.2 Å². The van der Waals surface area contributed by atoms with Crippen molar-refractivity contribution >= 4 is 39.0 Å². The van der Waals surface area contributed by atoms with Crippen LogP contribution in [-0.4, -0.2) is 26.9 Å². The van der Waals surface area contributed by atoms with Gasteiger partial charge in [0.1, 0.15) is 21.3 Å². The maximum atomic E-state index is 13.2. The second kappa shape index (κ2) is 7.53. The van der Waals surface area contributed by atoms with Gasteiger partial charge in [-0.15, -0.1) is 11.3 Å². The third-order valence-corrected chi connectivity index (χ3v) is 5.41. The minimum Gasteiger partial charge on any atom is -0.495 e. The second-order valence-corrected chi connectivity index (χ2v) is 7.41. The summed E-state index contributed by atoms with van der Waals surface area (Å²) in [4.78, 5) is 8.08. The van der Waals surface area contributed by atoms with E-state index in [9.17, 15) is 13.2 Å². The zero-order valence-electron chi connectivity index (χ0n) is 14.9. The number of methoxy groups -OCH3 is 1. The highest BCUT2D eigenvalue weighted by molar-refractivity contribution is 7.18. The molecule has 0 saturated carbocycles. The molecule has 3 aromatic heterocycles. The number of fused-ring (bicyclic) bond motifs is 1. The highest BCUT2D eigenvalue weighted by Crippen LogP contribution is 2.39. The summed E-state index contributed by atoms with van der Waals surface area (Å²) in [6.07, 6.45) is -1.31. The van der Waals surface area contributed by atoms with Crippen LogP contribution in [0.2, 0.25) is 5.02 Å². The first-order valence-corrected chi connectivity index (χ1v) is 9.49. The van der Waals surface area contributed by atoms with E-state index < -0.39 is 11.1 Å². The Hall–Kier alpha value is -2.85. The molecule has 0 amide bonds. The average molecular weight is 440 g/mol. The van der Waals surface area contributed by atoms with Crippen LogP contribution in [0.3, 0.4) is 0 Å². The quantitative estimate of drug-likeness (QED) is 0.464. The molecule has 0 aliphatic carbocycles. The summed E-state index contributed by atoms with van der Waals surface area (Å²) in [5, 5.41) is 7.86. The Labute approximate surface area is 171 Å². The fourth-order valence-corrected chi connectivity index (χ4v) is 3.85. The lowest BCUT2D eigenvalue weighted by atomic mass is 10.2. The van der Waals surface area contributed by atoms with E-state index in [1.165, 1.54) is 18.0 Å². The van der Waals surface area contributed by atoms with Crippen LogP contribution in [0, 0.1) is 0 Å². The van der Waals surface area contributed by atoms with E-state index in [1.807, 2.05) is 0 Å². The Morgan fingerprint density at radius 2 is 2.07 bits per heavy atom. The van der Waals surface area contributed by atoms with E-state index in [0.717, 1.165) is 11.6 Å². The van der Waals surface area contributed by atoms with Gasteiger partial charge >= 0.3 is 6.18 Å². The van der Waals surface area contributed by atoms with E-state index in [-0.39, 0.29) is 22.0 Å². The maximum Gasteiger partial charge on any atom is 0.425 e. The lowest BCUT2D eigenvalue weighted by Gasteiger charge is -2.10. The average Bonchev–Trinajstić information content (AvgIpc) is 3.35. The third kappa shape index (κ3) is 3.99. The molecule has 0 spiro atoms. The molecule has 150 valence electrons. The van der Waals surface area contributed by atoms with Gasteiger partial charge in [0.15, 0.2) is 0 Å². The van der Waals surface area contributed by atoms with Gasteiger partial charge < -0.3 is 10.1 Å². The van der Waals surface area contributed by atoms with E-state index in [4.69, 9.17) is 16.3 Å². The molecule has 0 unspecified atom stereocenters. The van der Waals surface area contributed by atoms with Gasteiger partial charge in [0, 0.05) is 18.9 Å². The van der Waals surface area contributed by atoms with Crippen LogP contribution in [0.15, 0.2) is 42.7 Å². The number of rotatable bonds is 5. The number of thiophene rings is 1. The van der Waals surface area contributed by atoms with Crippen molar-refractivity contribution in [2.75, 3.05) is 12.4 Å². The van der Waals surface area contributed by atoms with Gasteiger partial charge in [-0.1, -0.05) is 17.7 Å². The molecular weight excluding hydrogens is 427 g/mol. The van der Waals surface area contributed by atoms with E-state index in [1.54, 1.807) is 30.5 Å². The minimum absolute atomic E-state index is 0.174. The monoisotopic (exact) mass is 439 g/mol. The zero-order valence-corrected chi connectivity index (χ0v) is 16.4. The van der Waals surface area contributed by atoms with Crippen molar-refractivity contribution in [1.29, 1.82) is 0 Å². The van der Waals surface area contributed by atoms with Gasteiger partial charge in [0.2, 0.25) is 0 Å². The number of alkyl halides is 3. The molecule has 0 saturated heterocycles. The van der Waals surface area contributed by atoms with Gasteiger partial charge in [0.05, 0.1) is 17.5 Å². The topological polar surface area (TPSA) is 64.9 Å². The summed E-state index contributed by atoms with van der Waals surface area (Å²) in [6, 6.07) is 7.97. The molecular formula is C18H13ClF3N5OS.